The molecule has 41 heavy (non-hydrogen) atoms. The molecule has 0 saturated carbocycles. The molecule has 0 bridgehead atoms. The zero-order valence-corrected chi connectivity index (χ0v) is 24.0. The zero-order chi connectivity index (χ0) is 29.3. The van der Waals surface area contributed by atoms with Crippen LogP contribution >= 0.6 is 23.5 Å². The van der Waals surface area contributed by atoms with Crippen molar-refractivity contribution in [2.24, 2.45) is 0 Å². The molecule has 4 heterocycles. The monoisotopic (exact) mass is 612 g/mol. The van der Waals surface area contributed by atoms with Crippen molar-refractivity contribution in [3.63, 3.8) is 0 Å². The first-order valence-electron chi connectivity index (χ1n) is 13.1. The summed E-state index contributed by atoms with van der Waals surface area (Å²) in [5, 5.41) is 40.7. The minimum Gasteiger partial charge on any atom is -0.394 e. The highest BCUT2D eigenvalue weighted by atomic mass is 32.2. The van der Waals surface area contributed by atoms with E-state index < -0.39 is 64.7 Å². The molecular weight excluding hydrogens is 581 g/mol. The van der Waals surface area contributed by atoms with Crippen molar-refractivity contribution in [2.45, 2.75) is 60.4 Å². The molecule has 1 aromatic carbocycles. The second-order valence-corrected chi connectivity index (χ2v) is 12.6. The number of ether oxygens (including phenoxy) is 2. The van der Waals surface area contributed by atoms with E-state index in [1.807, 2.05) is 19.1 Å². The van der Waals surface area contributed by atoms with E-state index in [2.05, 4.69) is 15.3 Å². The number of aliphatic hydroxyl groups excluding tert-OH is 2. The Kier molecular flexibility index (Phi) is 9.28. The third kappa shape index (κ3) is 6.01. The van der Waals surface area contributed by atoms with Crippen LogP contribution in [-0.2, 0) is 9.47 Å². The molecule has 0 radical (unpaired) electrons. The predicted molar refractivity (Wildman–Crippen MR) is 148 cm³/mol. The van der Waals surface area contributed by atoms with E-state index in [-0.39, 0.29) is 11.3 Å². The van der Waals surface area contributed by atoms with Crippen molar-refractivity contribution < 1.29 is 38.0 Å². The standard InChI is InChI=1S/C27H31F3N4O5S2/c1-14-4-3-7-31-21(14)25(27(37)5-8-40-9-6-27)41-26-24(38-2)22(23(36)19(13-35)39-26)34-12-18(32-33-34)15-10-16(28)20(30)17(29)11-15/h3-4,7,10-12,19,22-26,35-37H,5-6,8-9,13H2,1-2H3/t19-,22+,23+,24-,25-,26+/m1/s1. The van der Waals surface area contributed by atoms with Crippen LogP contribution in [0.3, 0.4) is 0 Å². The summed E-state index contributed by atoms with van der Waals surface area (Å²) >= 11 is 3.08. The number of benzene rings is 1. The van der Waals surface area contributed by atoms with Gasteiger partial charge < -0.3 is 24.8 Å². The number of nitrogens with zero attached hydrogens (tertiary/aromatic N) is 4. The number of aryl methyl sites for hydroxylation is 1. The van der Waals surface area contributed by atoms with E-state index >= 15 is 0 Å². The molecule has 2 fully saturated rings. The van der Waals surface area contributed by atoms with E-state index in [0.29, 0.717) is 18.5 Å². The highest BCUT2D eigenvalue weighted by Gasteiger charge is 2.51. The molecule has 222 valence electrons. The van der Waals surface area contributed by atoms with Crippen molar-refractivity contribution in [3.05, 3.63) is 65.4 Å². The molecule has 14 heteroatoms. The molecule has 0 amide bonds. The molecular formula is C27H31F3N4O5S2. The van der Waals surface area contributed by atoms with Gasteiger partial charge in [-0.1, -0.05) is 11.3 Å². The Labute approximate surface area is 243 Å². The normalized spacial score (nSPS) is 27.1. The number of pyridine rings is 1. The second kappa shape index (κ2) is 12.6. The molecule has 9 nitrogen and oxygen atoms in total. The maximum Gasteiger partial charge on any atom is 0.194 e. The van der Waals surface area contributed by atoms with E-state index in [1.54, 1.807) is 18.0 Å². The lowest BCUT2D eigenvalue weighted by molar-refractivity contribution is -0.186. The van der Waals surface area contributed by atoms with Gasteiger partial charge in [0, 0.05) is 18.9 Å². The minimum atomic E-state index is -1.60. The highest BCUT2D eigenvalue weighted by molar-refractivity contribution is 8.00. The lowest BCUT2D eigenvalue weighted by atomic mass is 9.89. The van der Waals surface area contributed by atoms with Crippen LogP contribution in [-0.4, -0.2) is 89.9 Å². The number of aromatic nitrogens is 4. The number of thioether (sulfide) groups is 2. The topological polar surface area (TPSA) is 123 Å². The van der Waals surface area contributed by atoms with Gasteiger partial charge in [0.1, 0.15) is 35.5 Å². The molecule has 3 aromatic rings. The number of halogens is 3. The first-order valence-corrected chi connectivity index (χ1v) is 15.2. The second-order valence-electron chi connectivity index (χ2n) is 10.2. The van der Waals surface area contributed by atoms with Crippen LogP contribution in [0, 0.1) is 24.4 Å². The summed E-state index contributed by atoms with van der Waals surface area (Å²) in [6.07, 6.45) is 0.918. The summed E-state index contributed by atoms with van der Waals surface area (Å²) in [4.78, 5) is 4.61. The van der Waals surface area contributed by atoms with E-state index in [4.69, 9.17) is 9.47 Å². The molecule has 2 saturated heterocycles. The highest BCUT2D eigenvalue weighted by Crippen LogP contribution is 2.50. The largest absolute Gasteiger partial charge is 0.394 e. The fraction of sp³-hybridized carbons (Fsp3) is 0.519. The maximum absolute atomic E-state index is 13.9. The Balaban J connectivity index is 1.50. The van der Waals surface area contributed by atoms with Crippen LogP contribution in [0.5, 0.6) is 0 Å². The summed E-state index contributed by atoms with van der Waals surface area (Å²) in [6, 6.07) is 4.42. The lowest BCUT2D eigenvalue weighted by Crippen LogP contribution is -2.56. The van der Waals surface area contributed by atoms with Crippen molar-refractivity contribution >= 4 is 23.5 Å². The average Bonchev–Trinajstić information content (AvgIpc) is 3.45. The Morgan fingerprint density at radius 3 is 2.59 bits per heavy atom. The summed E-state index contributed by atoms with van der Waals surface area (Å²) in [5.74, 6) is -2.77. The van der Waals surface area contributed by atoms with Crippen molar-refractivity contribution in [1.29, 1.82) is 0 Å². The maximum atomic E-state index is 13.9. The average molecular weight is 613 g/mol. The van der Waals surface area contributed by atoms with Crippen molar-refractivity contribution in [3.8, 4) is 11.3 Å². The van der Waals surface area contributed by atoms with Crippen LogP contribution in [0.1, 0.15) is 35.4 Å². The Morgan fingerprint density at radius 2 is 1.95 bits per heavy atom. The number of hydrogen-bond acceptors (Lipinski definition) is 10. The number of aliphatic hydroxyl groups is 3. The van der Waals surface area contributed by atoms with Gasteiger partial charge in [-0.2, -0.15) is 11.8 Å². The summed E-state index contributed by atoms with van der Waals surface area (Å²) < 4.78 is 54.6. The number of hydrogen-bond donors (Lipinski definition) is 3. The van der Waals surface area contributed by atoms with Crippen molar-refractivity contribution in [2.75, 3.05) is 25.2 Å². The number of methoxy groups -OCH3 is 1. The molecule has 0 unspecified atom stereocenters. The molecule has 0 aliphatic carbocycles. The fourth-order valence-electron chi connectivity index (χ4n) is 5.32. The Hall–Kier alpha value is -2.20. The molecule has 2 aliphatic rings. The predicted octanol–water partition coefficient (Wildman–Crippen LogP) is 3.43. The summed E-state index contributed by atoms with van der Waals surface area (Å²) in [6.45, 7) is 1.41. The van der Waals surface area contributed by atoms with Crippen molar-refractivity contribution in [1.82, 2.24) is 20.0 Å². The zero-order valence-electron chi connectivity index (χ0n) is 22.4. The van der Waals surface area contributed by atoms with Gasteiger partial charge >= 0.3 is 0 Å². The molecule has 6 atom stereocenters. The van der Waals surface area contributed by atoms with Gasteiger partial charge in [-0.05, 0) is 55.0 Å². The lowest BCUT2D eigenvalue weighted by Gasteiger charge is -2.46. The number of rotatable bonds is 8. The summed E-state index contributed by atoms with van der Waals surface area (Å²) in [7, 11) is 1.44. The van der Waals surface area contributed by atoms with E-state index in [0.717, 1.165) is 29.2 Å². The van der Waals surface area contributed by atoms with Crippen LogP contribution in [0.2, 0.25) is 0 Å². The van der Waals surface area contributed by atoms with E-state index in [1.165, 1.54) is 29.8 Å². The SMILES string of the molecule is CO[C@@H]1[C@@H](n2cc(-c3cc(F)c(F)c(F)c3)nn2)[C@@H](O)[C@@H](CO)O[C@H]1S[C@H](c1ncccc1C)C1(O)CCSCC1. The van der Waals surface area contributed by atoms with Crippen LogP contribution in [0.15, 0.2) is 36.7 Å². The molecule has 5 rings (SSSR count). The Morgan fingerprint density at radius 1 is 1.24 bits per heavy atom. The quantitative estimate of drug-likeness (QED) is 0.326. The first-order chi connectivity index (χ1) is 19.7. The van der Waals surface area contributed by atoms with Gasteiger partial charge in [-0.3, -0.25) is 4.98 Å². The van der Waals surface area contributed by atoms with Crippen LogP contribution in [0.4, 0.5) is 13.2 Å². The minimum absolute atomic E-state index is 0.0390. The third-order valence-corrected chi connectivity index (χ3v) is 10.2. The molecule has 0 spiro atoms. The van der Waals surface area contributed by atoms with Crippen LogP contribution < -0.4 is 0 Å². The van der Waals surface area contributed by atoms with Gasteiger partial charge in [0.25, 0.3) is 0 Å². The third-order valence-electron chi connectivity index (χ3n) is 7.61. The smallest absolute Gasteiger partial charge is 0.194 e. The first kappa shape index (κ1) is 30.3. The molecule has 2 aliphatic heterocycles. The van der Waals surface area contributed by atoms with Gasteiger partial charge in [-0.25, -0.2) is 17.9 Å². The fourth-order valence-corrected chi connectivity index (χ4v) is 8.29. The van der Waals surface area contributed by atoms with Gasteiger partial charge in [0.15, 0.2) is 17.5 Å². The Bertz CT molecular complexity index is 1340. The van der Waals surface area contributed by atoms with Gasteiger partial charge in [-0.15, -0.1) is 16.9 Å². The van der Waals surface area contributed by atoms with Crippen LogP contribution in [0.25, 0.3) is 11.3 Å². The van der Waals surface area contributed by atoms with Gasteiger partial charge in [0.05, 0.1) is 29.3 Å². The van der Waals surface area contributed by atoms with E-state index in [9.17, 15) is 28.5 Å². The van der Waals surface area contributed by atoms with Gasteiger partial charge in [0.2, 0.25) is 0 Å². The molecule has 3 N–H and O–H groups in total. The summed E-state index contributed by atoms with van der Waals surface area (Å²) in [5.41, 5.74) is -0.293. The molecule has 2 aromatic heterocycles.